The van der Waals surface area contributed by atoms with Crippen LogP contribution in [0.5, 0.6) is 0 Å². The summed E-state index contributed by atoms with van der Waals surface area (Å²) in [5.74, 6) is -0.814. The number of amides is 4. The van der Waals surface area contributed by atoms with Gasteiger partial charge in [0, 0.05) is 12.6 Å². The summed E-state index contributed by atoms with van der Waals surface area (Å²) < 4.78 is 5.46. The molecule has 0 aromatic rings. The molecule has 1 aliphatic carbocycles. The Morgan fingerprint density at radius 1 is 1.20 bits per heavy atom. The number of barbiturate groups is 1. The van der Waals surface area contributed by atoms with Crippen LogP contribution in [0.15, 0.2) is 0 Å². The van der Waals surface area contributed by atoms with Crippen LogP contribution in [0.2, 0.25) is 0 Å². The predicted octanol–water partition coefficient (Wildman–Crippen LogP) is 1.44. The standard InChI is InChI=1S/C14H22N2O4/c1-4-14(5-2)11(17)15-13(19)16(12(14)18)9-7-10(8-9)20-6-3/h9-10H,4-8H2,1-3H3,(H,15,17,19). The number of hydrogen-bond donors (Lipinski definition) is 1. The molecule has 1 saturated heterocycles. The SMILES string of the molecule is CCOC1CC(N2C(=O)NC(=O)C(CC)(CC)C2=O)C1. The molecule has 1 heterocycles. The molecule has 6 heteroatoms. The summed E-state index contributed by atoms with van der Waals surface area (Å²) in [5.41, 5.74) is -1.09. The van der Waals surface area contributed by atoms with Crippen LogP contribution in [-0.2, 0) is 14.3 Å². The van der Waals surface area contributed by atoms with Crippen molar-refractivity contribution in [2.75, 3.05) is 6.61 Å². The highest BCUT2D eigenvalue weighted by molar-refractivity contribution is 6.19. The number of ether oxygens (including phenoxy) is 1. The van der Waals surface area contributed by atoms with Gasteiger partial charge in [0.1, 0.15) is 5.41 Å². The maximum absolute atomic E-state index is 12.6. The van der Waals surface area contributed by atoms with Gasteiger partial charge in [0.25, 0.3) is 0 Å². The lowest BCUT2D eigenvalue weighted by Crippen LogP contribution is -2.68. The summed E-state index contributed by atoms with van der Waals surface area (Å²) in [6.45, 7) is 6.16. The summed E-state index contributed by atoms with van der Waals surface area (Å²) in [6.07, 6.45) is 2.23. The number of nitrogens with one attached hydrogen (secondary N) is 1. The Balaban J connectivity index is 2.15. The van der Waals surface area contributed by atoms with Crippen LogP contribution < -0.4 is 5.32 Å². The molecule has 1 aliphatic heterocycles. The van der Waals surface area contributed by atoms with E-state index in [2.05, 4.69) is 5.32 Å². The summed E-state index contributed by atoms with van der Waals surface area (Å²) in [7, 11) is 0. The zero-order valence-corrected chi connectivity index (χ0v) is 12.3. The summed E-state index contributed by atoms with van der Waals surface area (Å²) in [5, 5.41) is 2.33. The smallest absolute Gasteiger partial charge is 0.331 e. The Morgan fingerprint density at radius 2 is 1.80 bits per heavy atom. The fourth-order valence-electron chi connectivity index (χ4n) is 3.02. The van der Waals surface area contributed by atoms with Gasteiger partial charge in [0.2, 0.25) is 11.8 Å². The van der Waals surface area contributed by atoms with E-state index in [1.807, 2.05) is 6.92 Å². The van der Waals surface area contributed by atoms with Crippen molar-refractivity contribution >= 4 is 17.8 Å². The predicted molar refractivity (Wildman–Crippen MR) is 71.8 cm³/mol. The van der Waals surface area contributed by atoms with Crippen LogP contribution in [0.1, 0.15) is 46.5 Å². The Morgan fingerprint density at radius 3 is 2.30 bits per heavy atom. The fraction of sp³-hybridized carbons (Fsp3) is 0.786. The van der Waals surface area contributed by atoms with Crippen LogP contribution in [0.4, 0.5) is 4.79 Å². The van der Waals surface area contributed by atoms with Gasteiger partial charge in [-0.2, -0.15) is 0 Å². The highest BCUT2D eigenvalue weighted by Crippen LogP contribution is 2.37. The highest BCUT2D eigenvalue weighted by atomic mass is 16.5. The zero-order valence-electron chi connectivity index (χ0n) is 12.3. The third-order valence-electron chi connectivity index (χ3n) is 4.55. The van der Waals surface area contributed by atoms with Crippen molar-refractivity contribution in [3.8, 4) is 0 Å². The van der Waals surface area contributed by atoms with Crippen LogP contribution in [0, 0.1) is 5.41 Å². The minimum absolute atomic E-state index is 0.112. The van der Waals surface area contributed by atoms with E-state index in [9.17, 15) is 14.4 Å². The van der Waals surface area contributed by atoms with Gasteiger partial charge < -0.3 is 4.74 Å². The lowest BCUT2D eigenvalue weighted by Gasteiger charge is -2.46. The van der Waals surface area contributed by atoms with Crippen molar-refractivity contribution in [3.63, 3.8) is 0 Å². The summed E-state index contributed by atoms with van der Waals surface area (Å²) >= 11 is 0. The molecule has 2 fully saturated rings. The maximum atomic E-state index is 12.6. The van der Waals surface area contributed by atoms with Gasteiger partial charge in [-0.25, -0.2) is 4.79 Å². The number of carbonyl (C=O) groups excluding carboxylic acids is 3. The van der Waals surface area contributed by atoms with Gasteiger partial charge in [0.05, 0.1) is 6.10 Å². The van der Waals surface area contributed by atoms with E-state index in [1.165, 1.54) is 4.90 Å². The van der Waals surface area contributed by atoms with Crippen LogP contribution in [0.3, 0.4) is 0 Å². The van der Waals surface area contributed by atoms with Gasteiger partial charge in [-0.05, 0) is 32.6 Å². The van der Waals surface area contributed by atoms with Crippen LogP contribution in [-0.4, -0.2) is 41.5 Å². The first-order chi connectivity index (χ1) is 9.50. The van der Waals surface area contributed by atoms with Crippen molar-refractivity contribution in [2.45, 2.75) is 58.6 Å². The van der Waals surface area contributed by atoms with Gasteiger partial charge >= 0.3 is 6.03 Å². The molecular weight excluding hydrogens is 260 g/mol. The summed E-state index contributed by atoms with van der Waals surface area (Å²) in [4.78, 5) is 37.9. The molecule has 2 rings (SSSR count). The molecule has 1 saturated carbocycles. The number of rotatable bonds is 5. The molecule has 0 aromatic carbocycles. The van der Waals surface area contributed by atoms with E-state index in [4.69, 9.17) is 4.74 Å². The maximum Gasteiger partial charge on any atom is 0.331 e. The minimum Gasteiger partial charge on any atom is -0.378 e. The van der Waals surface area contributed by atoms with Gasteiger partial charge in [0.15, 0.2) is 0 Å². The van der Waals surface area contributed by atoms with E-state index in [1.54, 1.807) is 13.8 Å². The molecule has 6 nitrogen and oxygen atoms in total. The third-order valence-corrected chi connectivity index (χ3v) is 4.55. The van der Waals surface area contributed by atoms with Gasteiger partial charge in [-0.3, -0.25) is 19.8 Å². The molecular formula is C14H22N2O4. The summed E-state index contributed by atoms with van der Waals surface area (Å²) in [6, 6.07) is -0.734. The van der Waals surface area contributed by atoms with Crippen molar-refractivity contribution in [1.29, 1.82) is 0 Å². The minimum atomic E-state index is -1.09. The number of hydrogen-bond acceptors (Lipinski definition) is 4. The van der Waals surface area contributed by atoms with Crippen molar-refractivity contribution in [3.05, 3.63) is 0 Å². The quantitative estimate of drug-likeness (QED) is 0.774. The first-order valence-corrected chi connectivity index (χ1v) is 7.30. The molecule has 0 spiro atoms. The number of imide groups is 2. The molecule has 2 aliphatic rings. The normalized spacial score (nSPS) is 29.1. The van der Waals surface area contributed by atoms with E-state index < -0.39 is 17.4 Å². The lowest BCUT2D eigenvalue weighted by atomic mass is 9.76. The van der Waals surface area contributed by atoms with Crippen LogP contribution in [0.25, 0.3) is 0 Å². The van der Waals surface area contributed by atoms with E-state index in [-0.39, 0.29) is 18.1 Å². The molecule has 4 amide bonds. The number of nitrogens with zero attached hydrogens (tertiary/aromatic N) is 1. The Labute approximate surface area is 118 Å². The Bertz CT molecular complexity index is 425. The fourth-order valence-corrected chi connectivity index (χ4v) is 3.02. The average Bonchev–Trinajstić information content (AvgIpc) is 2.37. The Kier molecular flexibility index (Phi) is 4.13. The Hall–Kier alpha value is -1.43. The zero-order chi connectivity index (χ0) is 14.9. The number of carbonyl (C=O) groups is 3. The molecule has 0 radical (unpaired) electrons. The average molecular weight is 282 g/mol. The topological polar surface area (TPSA) is 75.7 Å². The second-order valence-corrected chi connectivity index (χ2v) is 5.43. The largest absolute Gasteiger partial charge is 0.378 e. The van der Waals surface area contributed by atoms with Gasteiger partial charge in [-0.1, -0.05) is 13.8 Å². The van der Waals surface area contributed by atoms with Crippen molar-refractivity contribution < 1.29 is 19.1 Å². The molecule has 1 N–H and O–H groups in total. The third kappa shape index (κ3) is 2.12. The number of urea groups is 1. The lowest BCUT2D eigenvalue weighted by molar-refractivity contribution is -0.157. The van der Waals surface area contributed by atoms with Crippen molar-refractivity contribution in [1.82, 2.24) is 10.2 Å². The van der Waals surface area contributed by atoms with E-state index in [0.29, 0.717) is 32.3 Å². The molecule has 0 bridgehead atoms. The first kappa shape index (κ1) is 15.0. The van der Waals surface area contributed by atoms with Crippen molar-refractivity contribution in [2.24, 2.45) is 5.41 Å². The molecule has 20 heavy (non-hydrogen) atoms. The van der Waals surface area contributed by atoms with Gasteiger partial charge in [-0.15, -0.1) is 0 Å². The second kappa shape index (κ2) is 5.52. The van der Waals surface area contributed by atoms with E-state index in [0.717, 1.165) is 0 Å². The molecule has 0 unspecified atom stereocenters. The molecule has 112 valence electrons. The first-order valence-electron chi connectivity index (χ1n) is 7.30. The van der Waals surface area contributed by atoms with Crippen LogP contribution >= 0.6 is 0 Å². The van der Waals surface area contributed by atoms with E-state index >= 15 is 0 Å². The molecule has 0 atom stereocenters. The molecule has 0 aromatic heterocycles. The monoisotopic (exact) mass is 282 g/mol. The highest BCUT2D eigenvalue weighted by Gasteiger charge is 2.54. The second-order valence-electron chi connectivity index (χ2n) is 5.43.